The van der Waals surface area contributed by atoms with Crippen LogP contribution in [-0.4, -0.2) is 24.6 Å². The van der Waals surface area contributed by atoms with Gasteiger partial charge in [0.25, 0.3) is 0 Å². The van der Waals surface area contributed by atoms with Gasteiger partial charge in [0.15, 0.2) is 11.6 Å². The zero-order valence-electron chi connectivity index (χ0n) is 10.8. The quantitative estimate of drug-likeness (QED) is 0.783. The minimum atomic E-state index is -0.218. The lowest BCUT2D eigenvalue weighted by Crippen LogP contribution is -2.25. The Labute approximate surface area is 102 Å². The normalized spacial score (nSPS) is 16.5. The summed E-state index contributed by atoms with van der Waals surface area (Å²) < 4.78 is 19.5. The van der Waals surface area contributed by atoms with Crippen molar-refractivity contribution in [1.82, 2.24) is 4.90 Å². The van der Waals surface area contributed by atoms with Crippen LogP contribution in [0.25, 0.3) is 0 Å². The monoisotopic (exact) mass is 237 g/mol. The zero-order valence-corrected chi connectivity index (χ0v) is 10.8. The van der Waals surface area contributed by atoms with Crippen LogP contribution >= 0.6 is 0 Å². The number of ether oxygens (including phenoxy) is 1. The molecule has 0 saturated heterocycles. The van der Waals surface area contributed by atoms with E-state index in [1.807, 2.05) is 0 Å². The summed E-state index contributed by atoms with van der Waals surface area (Å²) in [6.07, 6.45) is 0. The van der Waals surface area contributed by atoms with Crippen molar-refractivity contribution in [3.8, 4) is 5.75 Å². The smallest absolute Gasteiger partial charge is 0.165 e. The molecule has 17 heavy (non-hydrogen) atoms. The maximum absolute atomic E-state index is 14.0. The third-order valence-electron chi connectivity index (χ3n) is 3.30. The van der Waals surface area contributed by atoms with Crippen molar-refractivity contribution in [2.45, 2.75) is 33.2 Å². The second-order valence-electron chi connectivity index (χ2n) is 4.86. The summed E-state index contributed by atoms with van der Waals surface area (Å²) in [5.41, 5.74) is 2.02. The van der Waals surface area contributed by atoms with Gasteiger partial charge in [0, 0.05) is 18.7 Å². The molecule has 0 amide bonds. The van der Waals surface area contributed by atoms with Gasteiger partial charge < -0.3 is 4.74 Å². The Hall–Kier alpha value is -1.09. The number of halogens is 1. The maximum atomic E-state index is 14.0. The predicted octanol–water partition coefficient (Wildman–Crippen LogP) is 3.16. The first-order valence-corrected chi connectivity index (χ1v) is 6.29. The van der Waals surface area contributed by atoms with Crippen molar-refractivity contribution < 1.29 is 9.13 Å². The number of benzene rings is 1. The first-order chi connectivity index (χ1) is 8.11. The Bertz CT molecular complexity index is 403. The second-order valence-corrected chi connectivity index (χ2v) is 4.86. The van der Waals surface area contributed by atoms with E-state index in [2.05, 4.69) is 31.7 Å². The van der Waals surface area contributed by atoms with Crippen LogP contribution in [0.1, 0.15) is 37.8 Å². The zero-order chi connectivity index (χ0) is 12.4. The van der Waals surface area contributed by atoms with Gasteiger partial charge in [-0.05, 0) is 24.1 Å². The summed E-state index contributed by atoms with van der Waals surface area (Å²) in [4.78, 5) is 2.27. The number of rotatable bonds is 2. The summed E-state index contributed by atoms with van der Waals surface area (Å²) in [7, 11) is 0. The molecule has 1 aliphatic heterocycles. The molecule has 94 valence electrons. The van der Waals surface area contributed by atoms with Gasteiger partial charge >= 0.3 is 0 Å². The highest BCUT2D eigenvalue weighted by Crippen LogP contribution is 2.30. The lowest BCUT2D eigenvalue weighted by atomic mass is 9.99. The molecule has 1 heterocycles. The van der Waals surface area contributed by atoms with Gasteiger partial charge in [-0.2, -0.15) is 0 Å². The molecule has 0 aromatic heterocycles. The van der Waals surface area contributed by atoms with E-state index in [9.17, 15) is 4.39 Å². The largest absolute Gasteiger partial charge is 0.489 e. The average molecular weight is 237 g/mol. The molecule has 0 radical (unpaired) electrons. The van der Waals surface area contributed by atoms with Crippen LogP contribution in [0, 0.1) is 5.82 Å². The molecule has 1 aromatic carbocycles. The Kier molecular flexibility index (Phi) is 3.67. The van der Waals surface area contributed by atoms with E-state index >= 15 is 0 Å². The van der Waals surface area contributed by atoms with Gasteiger partial charge in [-0.1, -0.05) is 26.8 Å². The maximum Gasteiger partial charge on any atom is 0.165 e. The van der Waals surface area contributed by atoms with Crippen molar-refractivity contribution in [2.75, 3.05) is 19.7 Å². The van der Waals surface area contributed by atoms with E-state index in [1.165, 1.54) is 0 Å². The molecule has 1 aliphatic rings. The molecule has 0 unspecified atom stereocenters. The van der Waals surface area contributed by atoms with Crippen LogP contribution in [0.5, 0.6) is 5.75 Å². The highest BCUT2D eigenvalue weighted by molar-refractivity contribution is 5.40. The predicted molar refractivity (Wildman–Crippen MR) is 66.9 cm³/mol. The van der Waals surface area contributed by atoms with Gasteiger partial charge in [0.05, 0.1) is 0 Å². The van der Waals surface area contributed by atoms with Crippen molar-refractivity contribution in [3.63, 3.8) is 0 Å². The minimum Gasteiger partial charge on any atom is -0.489 e. The Balaban J connectivity index is 2.39. The molecule has 0 aliphatic carbocycles. The highest BCUT2D eigenvalue weighted by atomic mass is 19.1. The molecule has 3 heteroatoms. The van der Waals surface area contributed by atoms with Gasteiger partial charge in [-0.15, -0.1) is 0 Å². The standard InChI is InChI=1S/C14H20FNO/c1-4-16-5-6-17-14-12(9-16)7-11(10(2)3)8-13(14)15/h7-8,10H,4-6,9H2,1-3H3. The molecule has 2 nitrogen and oxygen atoms in total. The fourth-order valence-corrected chi connectivity index (χ4v) is 2.15. The summed E-state index contributed by atoms with van der Waals surface area (Å²) >= 11 is 0. The summed E-state index contributed by atoms with van der Waals surface area (Å²) in [6, 6.07) is 3.68. The van der Waals surface area contributed by atoms with Crippen LogP contribution in [0.3, 0.4) is 0 Å². The molecular weight excluding hydrogens is 217 g/mol. The van der Waals surface area contributed by atoms with E-state index in [-0.39, 0.29) is 5.82 Å². The SMILES string of the molecule is CCN1CCOc2c(F)cc(C(C)C)cc2C1. The molecule has 0 bridgehead atoms. The van der Waals surface area contributed by atoms with E-state index in [0.717, 1.165) is 30.8 Å². The van der Waals surface area contributed by atoms with Gasteiger partial charge in [0.1, 0.15) is 6.61 Å². The fraction of sp³-hybridized carbons (Fsp3) is 0.571. The number of nitrogens with zero attached hydrogens (tertiary/aromatic N) is 1. The van der Waals surface area contributed by atoms with Crippen LogP contribution in [0.4, 0.5) is 4.39 Å². The Morgan fingerprint density at radius 1 is 1.41 bits per heavy atom. The lowest BCUT2D eigenvalue weighted by Gasteiger charge is -2.17. The molecule has 0 fully saturated rings. The van der Waals surface area contributed by atoms with Gasteiger partial charge in [-0.25, -0.2) is 4.39 Å². The number of hydrogen-bond acceptors (Lipinski definition) is 2. The summed E-state index contributed by atoms with van der Waals surface area (Å²) in [5.74, 6) is 0.572. The molecule has 1 aromatic rings. The second kappa shape index (κ2) is 5.05. The first-order valence-electron chi connectivity index (χ1n) is 6.29. The van der Waals surface area contributed by atoms with Crippen LogP contribution in [0.15, 0.2) is 12.1 Å². The van der Waals surface area contributed by atoms with Crippen molar-refractivity contribution in [1.29, 1.82) is 0 Å². The highest BCUT2D eigenvalue weighted by Gasteiger charge is 2.19. The number of likely N-dealkylation sites (N-methyl/N-ethyl adjacent to an activating group) is 1. The molecule has 2 rings (SSSR count). The third-order valence-corrected chi connectivity index (χ3v) is 3.30. The summed E-state index contributed by atoms with van der Waals surface area (Å²) in [5, 5.41) is 0. The molecule has 0 spiro atoms. The number of fused-ring (bicyclic) bond motifs is 1. The fourth-order valence-electron chi connectivity index (χ4n) is 2.15. The molecular formula is C14H20FNO. The van der Waals surface area contributed by atoms with E-state index in [1.54, 1.807) is 6.07 Å². The molecule has 0 atom stereocenters. The van der Waals surface area contributed by atoms with Crippen LogP contribution in [0.2, 0.25) is 0 Å². The molecule has 0 N–H and O–H groups in total. The topological polar surface area (TPSA) is 12.5 Å². The summed E-state index contributed by atoms with van der Waals surface area (Å²) in [6.45, 7) is 9.46. The third kappa shape index (κ3) is 2.60. The Morgan fingerprint density at radius 2 is 2.18 bits per heavy atom. The first kappa shape index (κ1) is 12.4. The van der Waals surface area contributed by atoms with E-state index in [0.29, 0.717) is 18.3 Å². The van der Waals surface area contributed by atoms with Crippen molar-refractivity contribution in [3.05, 3.63) is 29.1 Å². The van der Waals surface area contributed by atoms with E-state index < -0.39 is 0 Å². The van der Waals surface area contributed by atoms with Crippen LogP contribution < -0.4 is 4.74 Å². The molecule has 0 saturated carbocycles. The van der Waals surface area contributed by atoms with E-state index in [4.69, 9.17) is 4.74 Å². The lowest BCUT2D eigenvalue weighted by molar-refractivity contribution is 0.231. The van der Waals surface area contributed by atoms with Gasteiger partial charge in [0.2, 0.25) is 0 Å². The van der Waals surface area contributed by atoms with Gasteiger partial charge in [-0.3, -0.25) is 4.90 Å². The van der Waals surface area contributed by atoms with Crippen LogP contribution in [-0.2, 0) is 6.54 Å². The Morgan fingerprint density at radius 3 is 2.82 bits per heavy atom. The van der Waals surface area contributed by atoms with Crippen molar-refractivity contribution in [2.24, 2.45) is 0 Å². The number of hydrogen-bond donors (Lipinski definition) is 0. The minimum absolute atomic E-state index is 0.218. The average Bonchev–Trinajstić information content (AvgIpc) is 2.50. The van der Waals surface area contributed by atoms with Crippen molar-refractivity contribution >= 4 is 0 Å².